The van der Waals surface area contributed by atoms with Crippen molar-refractivity contribution in [3.05, 3.63) is 145 Å². The number of nitrogens with zero attached hydrogens (tertiary/aromatic N) is 4. The molecular formula is C36H25ClN4O4S2. The van der Waals surface area contributed by atoms with Gasteiger partial charge in [-0.3, -0.25) is 19.3 Å². The molecule has 2 aliphatic rings. The van der Waals surface area contributed by atoms with Gasteiger partial charge in [0.25, 0.3) is 11.8 Å². The maximum absolute atomic E-state index is 15.1. The lowest BCUT2D eigenvalue weighted by molar-refractivity contribution is -0.121. The number of benzene rings is 4. The van der Waals surface area contributed by atoms with Crippen LogP contribution in [0.1, 0.15) is 43.9 Å². The van der Waals surface area contributed by atoms with Crippen LogP contribution < -0.4 is 15.2 Å². The zero-order valence-corrected chi connectivity index (χ0v) is 27.6. The molecule has 0 radical (unpaired) electrons. The van der Waals surface area contributed by atoms with Crippen LogP contribution in [0.4, 0.5) is 10.8 Å². The number of carbonyl (C=O) groups is 2. The van der Waals surface area contributed by atoms with Crippen LogP contribution >= 0.6 is 34.7 Å². The summed E-state index contributed by atoms with van der Waals surface area (Å²) < 4.78 is 6.88. The van der Waals surface area contributed by atoms with Gasteiger partial charge in [-0.25, -0.2) is 0 Å². The number of halogens is 1. The molecule has 47 heavy (non-hydrogen) atoms. The summed E-state index contributed by atoms with van der Waals surface area (Å²) >= 11 is 8.81. The summed E-state index contributed by atoms with van der Waals surface area (Å²) in [5.74, 6) is -0.651. The van der Waals surface area contributed by atoms with Gasteiger partial charge < -0.3 is 9.32 Å². The molecule has 8 rings (SSSR count). The standard InChI is InChI=1S/C36H25ClN4O4S2/c1-20-15-25-28(16-21(20)2)45-31-29(30(25)42)36(26-13-6-7-14-27(26)40(33(36)44)18-22-9-4-3-5-10-22)41(32(31)43)34-38-39-35(47-34)46-19-23-11-8-12-24(37)17-23/h3-17H,18-19H2,1-2H3. The van der Waals surface area contributed by atoms with Crippen LogP contribution in [0.15, 0.2) is 105 Å². The third-order valence-electron chi connectivity index (χ3n) is 8.76. The van der Waals surface area contributed by atoms with E-state index in [0.717, 1.165) is 22.3 Å². The van der Waals surface area contributed by atoms with Crippen molar-refractivity contribution >= 4 is 68.3 Å². The molecule has 2 aliphatic heterocycles. The van der Waals surface area contributed by atoms with Gasteiger partial charge in [-0.2, -0.15) is 0 Å². The number of amides is 2. The van der Waals surface area contributed by atoms with Crippen molar-refractivity contribution in [2.45, 2.75) is 36.0 Å². The highest BCUT2D eigenvalue weighted by atomic mass is 35.5. The predicted octanol–water partition coefficient (Wildman–Crippen LogP) is 7.66. The second-order valence-electron chi connectivity index (χ2n) is 11.6. The number of thioether (sulfide) groups is 1. The van der Waals surface area contributed by atoms with E-state index in [1.807, 2.05) is 86.6 Å². The molecule has 2 amide bonds. The number of fused-ring (bicyclic) bond motifs is 5. The molecule has 8 nitrogen and oxygen atoms in total. The fraction of sp³-hybridized carbons (Fsp3) is 0.139. The van der Waals surface area contributed by atoms with Crippen LogP contribution in [0.5, 0.6) is 0 Å². The fourth-order valence-electron chi connectivity index (χ4n) is 6.46. The molecule has 0 saturated heterocycles. The van der Waals surface area contributed by atoms with E-state index in [-0.39, 0.29) is 28.6 Å². The first kappa shape index (κ1) is 29.6. The van der Waals surface area contributed by atoms with Gasteiger partial charge in [0.15, 0.2) is 15.3 Å². The Hall–Kier alpha value is -4.77. The summed E-state index contributed by atoms with van der Waals surface area (Å²) in [5.41, 5.74) is 2.84. The second-order valence-corrected chi connectivity index (χ2v) is 14.2. The summed E-state index contributed by atoms with van der Waals surface area (Å²) in [7, 11) is 0. The minimum Gasteiger partial charge on any atom is -0.450 e. The van der Waals surface area contributed by atoms with E-state index in [4.69, 9.17) is 16.0 Å². The molecule has 2 aromatic heterocycles. The molecule has 4 aromatic carbocycles. The monoisotopic (exact) mass is 676 g/mol. The van der Waals surface area contributed by atoms with Crippen LogP contribution in [-0.4, -0.2) is 22.0 Å². The van der Waals surface area contributed by atoms with Crippen LogP contribution in [0.25, 0.3) is 11.0 Å². The molecule has 11 heteroatoms. The van der Waals surface area contributed by atoms with E-state index < -0.39 is 22.8 Å². The Morgan fingerprint density at radius 3 is 2.43 bits per heavy atom. The van der Waals surface area contributed by atoms with Gasteiger partial charge in [-0.1, -0.05) is 95.4 Å². The fourth-order valence-corrected chi connectivity index (χ4v) is 8.51. The number of anilines is 2. The van der Waals surface area contributed by atoms with Gasteiger partial charge >= 0.3 is 0 Å². The SMILES string of the molecule is Cc1cc2oc3c(c(=O)c2cc1C)C1(C(=O)N(Cc2ccccc2)c2ccccc21)N(c1nnc(SCc2cccc(Cl)c2)s1)C3=O. The van der Waals surface area contributed by atoms with E-state index in [2.05, 4.69) is 10.2 Å². The van der Waals surface area contributed by atoms with Gasteiger partial charge in [-0.15, -0.1) is 10.2 Å². The summed E-state index contributed by atoms with van der Waals surface area (Å²) in [6, 6.07) is 28.0. The van der Waals surface area contributed by atoms with Crippen molar-refractivity contribution in [2.75, 3.05) is 9.80 Å². The van der Waals surface area contributed by atoms with E-state index in [9.17, 15) is 9.59 Å². The molecule has 1 atom stereocenters. The first-order chi connectivity index (χ1) is 22.8. The third kappa shape index (κ3) is 4.54. The maximum atomic E-state index is 15.1. The Bertz CT molecular complexity index is 2320. The number of carbonyl (C=O) groups excluding carboxylic acids is 2. The highest BCUT2D eigenvalue weighted by Crippen LogP contribution is 2.55. The zero-order chi connectivity index (χ0) is 32.4. The number of hydrogen-bond acceptors (Lipinski definition) is 8. The van der Waals surface area contributed by atoms with Gasteiger partial charge in [0.05, 0.1) is 23.2 Å². The first-order valence-electron chi connectivity index (χ1n) is 14.9. The van der Waals surface area contributed by atoms with E-state index >= 15 is 4.79 Å². The van der Waals surface area contributed by atoms with Crippen molar-refractivity contribution in [1.82, 2.24) is 10.2 Å². The van der Waals surface area contributed by atoms with E-state index in [1.54, 1.807) is 23.1 Å². The average molecular weight is 677 g/mol. The van der Waals surface area contributed by atoms with E-state index in [1.165, 1.54) is 28.0 Å². The number of rotatable bonds is 6. The van der Waals surface area contributed by atoms with Crippen LogP contribution in [0.3, 0.4) is 0 Å². The van der Waals surface area contributed by atoms with Crippen molar-refractivity contribution in [3.63, 3.8) is 0 Å². The highest BCUT2D eigenvalue weighted by Gasteiger charge is 2.66. The average Bonchev–Trinajstić information content (AvgIpc) is 3.71. The maximum Gasteiger partial charge on any atom is 0.297 e. The van der Waals surface area contributed by atoms with Crippen LogP contribution in [0.2, 0.25) is 5.02 Å². The van der Waals surface area contributed by atoms with Crippen molar-refractivity contribution in [1.29, 1.82) is 0 Å². The van der Waals surface area contributed by atoms with Crippen molar-refractivity contribution in [3.8, 4) is 0 Å². The van der Waals surface area contributed by atoms with Gasteiger partial charge in [0, 0.05) is 16.3 Å². The highest BCUT2D eigenvalue weighted by molar-refractivity contribution is 8.00. The van der Waals surface area contributed by atoms with Gasteiger partial charge in [0.2, 0.25) is 10.9 Å². The molecule has 1 spiro atoms. The molecule has 0 aliphatic carbocycles. The Morgan fingerprint density at radius 1 is 0.872 bits per heavy atom. The molecule has 0 bridgehead atoms. The van der Waals surface area contributed by atoms with Crippen molar-refractivity contribution in [2.24, 2.45) is 0 Å². The molecule has 232 valence electrons. The Morgan fingerprint density at radius 2 is 1.62 bits per heavy atom. The summed E-state index contributed by atoms with van der Waals surface area (Å²) in [4.78, 5) is 47.3. The largest absolute Gasteiger partial charge is 0.450 e. The molecule has 0 N–H and O–H groups in total. The minimum atomic E-state index is -1.85. The van der Waals surface area contributed by atoms with Crippen LogP contribution in [0, 0.1) is 13.8 Å². The lowest BCUT2D eigenvalue weighted by atomic mass is 9.84. The Kier molecular flexibility index (Phi) is 7.05. The molecule has 0 fully saturated rings. The number of para-hydroxylation sites is 1. The number of aromatic nitrogens is 2. The first-order valence-corrected chi connectivity index (χ1v) is 17.0. The third-order valence-corrected chi connectivity index (χ3v) is 11.1. The Labute approximate surface area is 282 Å². The molecule has 4 heterocycles. The number of aryl methyl sites for hydroxylation is 2. The lowest BCUT2D eigenvalue weighted by Gasteiger charge is -2.32. The molecule has 0 saturated carbocycles. The summed E-state index contributed by atoms with van der Waals surface area (Å²) in [5, 5.41) is 9.96. The summed E-state index contributed by atoms with van der Waals surface area (Å²) in [6.07, 6.45) is 0. The minimum absolute atomic E-state index is 0.00500. The molecule has 6 aromatic rings. The summed E-state index contributed by atoms with van der Waals surface area (Å²) in [6.45, 7) is 4.07. The molecular weight excluding hydrogens is 652 g/mol. The second kappa shape index (κ2) is 11.2. The topological polar surface area (TPSA) is 96.6 Å². The zero-order valence-electron chi connectivity index (χ0n) is 25.2. The van der Waals surface area contributed by atoms with Crippen LogP contribution in [-0.2, 0) is 22.6 Å². The normalized spacial score (nSPS) is 16.8. The smallest absolute Gasteiger partial charge is 0.297 e. The van der Waals surface area contributed by atoms with Crippen molar-refractivity contribution < 1.29 is 14.0 Å². The molecule has 1 unspecified atom stereocenters. The van der Waals surface area contributed by atoms with Gasteiger partial charge in [0.1, 0.15) is 5.58 Å². The van der Waals surface area contributed by atoms with E-state index in [0.29, 0.717) is 31.8 Å². The predicted molar refractivity (Wildman–Crippen MR) is 185 cm³/mol. The quantitative estimate of drug-likeness (QED) is 0.132. The lowest BCUT2D eigenvalue weighted by Crippen LogP contribution is -2.53. The van der Waals surface area contributed by atoms with Gasteiger partial charge in [-0.05, 0) is 66.4 Å². The Balaban J connectivity index is 1.33. The number of hydrogen-bond donors (Lipinski definition) is 0.